The number of hydrogen-bond donors (Lipinski definition) is 7. The Morgan fingerprint density at radius 3 is 2.27 bits per heavy atom. The molecule has 176 valence electrons. The van der Waals surface area contributed by atoms with E-state index in [-0.39, 0.29) is 19.8 Å². The second kappa shape index (κ2) is 12.4. The molecule has 0 aromatic heterocycles. The lowest BCUT2D eigenvalue weighted by Gasteiger charge is -2.42. The summed E-state index contributed by atoms with van der Waals surface area (Å²) in [7, 11) is 0. The van der Waals surface area contributed by atoms with E-state index in [0.717, 1.165) is 12.8 Å². The van der Waals surface area contributed by atoms with Crippen LogP contribution in [0.1, 0.15) is 25.7 Å². The Kier molecular flexibility index (Phi) is 10.5. The zero-order valence-corrected chi connectivity index (χ0v) is 16.8. The Morgan fingerprint density at radius 1 is 0.900 bits per heavy atom. The van der Waals surface area contributed by atoms with Crippen molar-refractivity contribution in [3.05, 3.63) is 12.7 Å². The van der Waals surface area contributed by atoms with Crippen LogP contribution in [0, 0.1) is 0 Å². The number of rotatable bonds is 11. The molecule has 30 heavy (non-hydrogen) atoms. The summed E-state index contributed by atoms with van der Waals surface area (Å²) in [6.07, 6.45) is -8.60. The molecule has 2 rings (SSSR count). The highest BCUT2D eigenvalue weighted by molar-refractivity contribution is 4.91. The van der Waals surface area contributed by atoms with Crippen LogP contribution in [0.3, 0.4) is 0 Å². The van der Waals surface area contributed by atoms with Crippen LogP contribution in [0.2, 0.25) is 0 Å². The highest BCUT2D eigenvalue weighted by Crippen LogP contribution is 2.26. The monoisotopic (exact) mass is 438 g/mol. The second-order valence-electron chi connectivity index (χ2n) is 7.58. The molecule has 2 saturated heterocycles. The number of aliphatic hydroxyl groups is 7. The number of ether oxygens (including phenoxy) is 4. The Balaban J connectivity index is 1.90. The number of hydrogen-bond acceptors (Lipinski definition) is 11. The Morgan fingerprint density at radius 2 is 1.60 bits per heavy atom. The van der Waals surface area contributed by atoms with E-state index in [4.69, 9.17) is 24.1 Å². The molecule has 1 unspecified atom stereocenters. The van der Waals surface area contributed by atoms with Crippen LogP contribution in [0.5, 0.6) is 0 Å². The molecule has 2 aliphatic rings. The average Bonchev–Trinajstić information content (AvgIpc) is 2.74. The van der Waals surface area contributed by atoms with Crippen molar-refractivity contribution in [3.63, 3.8) is 0 Å². The molecule has 7 N–H and O–H groups in total. The van der Waals surface area contributed by atoms with Gasteiger partial charge in [0.15, 0.2) is 12.6 Å². The molecule has 0 radical (unpaired) electrons. The summed E-state index contributed by atoms with van der Waals surface area (Å²) in [6.45, 7) is 3.20. The Labute approximate surface area is 175 Å². The van der Waals surface area contributed by atoms with Crippen LogP contribution in [0.25, 0.3) is 0 Å². The van der Waals surface area contributed by atoms with E-state index in [0.29, 0.717) is 12.8 Å². The zero-order valence-electron chi connectivity index (χ0n) is 16.8. The minimum Gasteiger partial charge on any atom is -0.396 e. The number of aliphatic hydroxyl groups excluding tert-OH is 7. The van der Waals surface area contributed by atoms with Crippen molar-refractivity contribution in [2.24, 2.45) is 0 Å². The Hall–Kier alpha value is -0.700. The molecular formula is C19H34O11. The van der Waals surface area contributed by atoms with E-state index in [1.165, 1.54) is 6.08 Å². The minimum absolute atomic E-state index is 0.102. The fraction of sp³-hybridized carbons (Fsp3) is 0.895. The molecule has 0 amide bonds. The van der Waals surface area contributed by atoms with Gasteiger partial charge in [0.1, 0.15) is 42.7 Å². The third kappa shape index (κ3) is 6.65. The summed E-state index contributed by atoms with van der Waals surface area (Å²) in [6, 6.07) is 0. The summed E-state index contributed by atoms with van der Waals surface area (Å²) in [5, 5.41) is 68.5. The predicted molar refractivity (Wildman–Crippen MR) is 101 cm³/mol. The van der Waals surface area contributed by atoms with Gasteiger partial charge in [-0.2, -0.15) is 0 Å². The molecule has 11 heteroatoms. The van der Waals surface area contributed by atoms with Crippen LogP contribution in [0.15, 0.2) is 12.7 Å². The topological polar surface area (TPSA) is 179 Å². The smallest absolute Gasteiger partial charge is 0.187 e. The van der Waals surface area contributed by atoms with Crippen molar-refractivity contribution >= 4 is 0 Å². The molecule has 2 heterocycles. The lowest BCUT2D eigenvalue weighted by Crippen LogP contribution is -2.60. The quantitative estimate of drug-likeness (QED) is 0.133. The normalized spacial score (nSPS) is 40.8. The molecule has 10 atom stereocenters. The molecule has 2 aliphatic heterocycles. The van der Waals surface area contributed by atoms with Gasteiger partial charge in [-0.15, -0.1) is 6.58 Å². The summed E-state index contributed by atoms with van der Waals surface area (Å²) in [4.78, 5) is 0. The van der Waals surface area contributed by atoms with Gasteiger partial charge in [0.25, 0.3) is 0 Å². The van der Waals surface area contributed by atoms with E-state index in [2.05, 4.69) is 6.58 Å². The lowest BCUT2D eigenvalue weighted by molar-refractivity contribution is -0.325. The minimum atomic E-state index is -1.57. The molecule has 0 aliphatic carbocycles. The van der Waals surface area contributed by atoms with Crippen LogP contribution in [-0.4, -0.2) is 117 Å². The molecule has 0 bridgehead atoms. The van der Waals surface area contributed by atoms with Crippen LogP contribution in [0.4, 0.5) is 0 Å². The zero-order chi connectivity index (χ0) is 22.3. The van der Waals surface area contributed by atoms with Gasteiger partial charge in [0.2, 0.25) is 0 Å². The maximum atomic E-state index is 10.2. The molecule has 0 saturated carbocycles. The first kappa shape index (κ1) is 25.6. The van der Waals surface area contributed by atoms with E-state index >= 15 is 0 Å². The van der Waals surface area contributed by atoms with Gasteiger partial charge in [-0.25, -0.2) is 0 Å². The molecule has 0 aromatic carbocycles. The lowest BCUT2D eigenvalue weighted by atomic mass is 9.99. The van der Waals surface area contributed by atoms with Crippen molar-refractivity contribution in [2.45, 2.75) is 87.1 Å². The highest BCUT2D eigenvalue weighted by Gasteiger charge is 2.46. The van der Waals surface area contributed by atoms with Crippen LogP contribution in [-0.2, 0) is 18.9 Å². The summed E-state index contributed by atoms with van der Waals surface area (Å²) in [5.74, 6) is 0. The standard InChI is InChI=1S/C19H34O11/c1-2-10(6-4-3-5-7-20)29-19-17(26)15(24)14(23)12(30-19)9-28-18-16(25)13(22)11(21)8-27-18/h2,10-26H,1,3-9H2/t10?,11-,12-,13+,14-,15+,16-,17-,18+,19-/m1/s1. The van der Waals surface area contributed by atoms with Crippen molar-refractivity contribution in [1.29, 1.82) is 0 Å². The van der Waals surface area contributed by atoms with Crippen LogP contribution >= 0.6 is 0 Å². The summed E-state index contributed by atoms with van der Waals surface area (Å²) in [5.41, 5.74) is 0. The summed E-state index contributed by atoms with van der Waals surface area (Å²) < 4.78 is 21.7. The molecule has 0 aromatic rings. The van der Waals surface area contributed by atoms with Crippen molar-refractivity contribution < 1.29 is 54.7 Å². The molecule has 0 spiro atoms. The summed E-state index contributed by atoms with van der Waals surface area (Å²) >= 11 is 0. The maximum absolute atomic E-state index is 10.2. The van der Waals surface area contributed by atoms with E-state index in [1.807, 2.05) is 0 Å². The SMILES string of the molecule is C=CC(CCCCCO)O[C@@H]1O[C@H](CO[C@@H]2OC[C@@H](O)[C@H](O)[C@H]2O)[C@@H](O)[C@H](O)[C@H]1O. The van der Waals surface area contributed by atoms with E-state index in [9.17, 15) is 30.6 Å². The van der Waals surface area contributed by atoms with Gasteiger partial charge in [0, 0.05) is 6.61 Å². The third-order valence-corrected chi connectivity index (χ3v) is 5.27. The highest BCUT2D eigenvalue weighted by atomic mass is 16.7. The maximum Gasteiger partial charge on any atom is 0.187 e. The van der Waals surface area contributed by atoms with Gasteiger partial charge < -0.3 is 54.7 Å². The van der Waals surface area contributed by atoms with Gasteiger partial charge in [-0.3, -0.25) is 0 Å². The fourth-order valence-corrected chi connectivity index (χ4v) is 3.33. The van der Waals surface area contributed by atoms with E-state index < -0.39 is 61.4 Å². The first-order chi connectivity index (χ1) is 14.3. The first-order valence-electron chi connectivity index (χ1n) is 10.2. The second-order valence-corrected chi connectivity index (χ2v) is 7.58. The largest absolute Gasteiger partial charge is 0.396 e. The third-order valence-electron chi connectivity index (χ3n) is 5.27. The predicted octanol–water partition coefficient (Wildman–Crippen LogP) is -2.63. The van der Waals surface area contributed by atoms with Gasteiger partial charge in [0.05, 0.1) is 19.3 Å². The first-order valence-corrected chi connectivity index (χ1v) is 10.2. The van der Waals surface area contributed by atoms with Gasteiger partial charge in [-0.05, 0) is 12.8 Å². The Bertz CT molecular complexity index is 507. The fourth-order valence-electron chi connectivity index (χ4n) is 3.33. The molecule has 11 nitrogen and oxygen atoms in total. The van der Waals surface area contributed by atoms with Crippen molar-refractivity contribution in [1.82, 2.24) is 0 Å². The van der Waals surface area contributed by atoms with Crippen molar-refractivity contribution in [3.8, 4) is 0 Å². The van der Waals surface area contributed by atoms with Gasteiger partial charge in [-0.1, -0.05) is 18.9 Å². The van der Waals surface area contributed by atoms with Crippen LogP contribution < -0.4 is 0 Å². The van der Waals surface area contributed by atoms with E-state index in [1.54, 1.807) is 0 Å². The van der Waals surface area contributed by atoms with Gasteiger partial charge >= 0.3 is 0 Å². The number of unbranched alkanes of at least 4 members (excludes halogenated alkanes) is 2. The van der Waals surface area contributed by atoms with Crippen molar-refractivity contribution in [2.75, 3.05) is 19.8 Å². The average molecular weight is 438 g/mol. The molecule has 2 fully saturated rings. The molecular weight excluding hydrogens is 404 g/mol.